The predicted molar refractivity (Wildman–Crippen MR) is 86.2 cm³/mol. The Labute approximate surface area is 137 Å². The average Bonchev–Trinajstić information content (AvgIpc) is 2.92. The molecule has 0 fully saturated rings. The van der Waals surface area contributed by atoms with Crippen LogP contribution in [0.2, 0.25) is 0 Å². The molecule has 0 saturated heterocycles. The molecule has 0 bridgehead atoms. The van der Waals surface area contributed by atoms with Crippen LogP contribution in [0.5, 0.6) is 0 Å². The number of nitrogens with zero attached hydrogens (tertiary/aromatic N) is 5. The molecule has 0 aliphatic carbocycles. The van der Waals surface area contributed by atoms with Crippen LogP contribution in [-0.4, -0.2) is 9.67 Å². The fourth-order valence-electron chi connectivity index (χ4n) is 2.32. The number of rotatable bonds is 4. The van der Waals surface area contributed by atoms with Gasteiger partial charge in [0.2, 0.25) is 6.33 Å². The third kappa shape index (κ3) is 3.40. The standard InChI is InChI=1S/C18H22N5/c1-17(2,10-19)15-6-14(9-23-13-21-12-22(23)5)7-16(8-15)18(3,4)11-20/h6-8,12-13H,9H2,1-5H3/q+1. The van der Waals surface area contributed by atoms with Gasteiger partial charge in [0, 0.05) is 0 Å². The zero-order valence-corrected chi connectivity index (χ0v) is 14.3. The van der Waals surface area contributed by atoms with Crippen molar-refractivity contribution in [2.24, 2.45) is 7.05 Å². The lowest BCUT2D eigenvalue weighted by Crippen LogP contribution is -2.38. The Kier molecular flexibility index (Phi) is 4.25. The van der Waals surface area contributed by atoms with Crippen molar-refractivity contribution in [3.8, 4) is 12.1 Å². The minimum atomic E-state index is -0.604. The molecule has 0 aliphatic heterocycles. The second kappa shape index (κ2) is 5.85. The monoisotopic (exact) mass is 308 g/mol. The molecule has 0 radical (unpaired) electrons. The summed E-state index contributed by atoms with van der Waals surface area (Å²) in [4.78, 5) is 4.11. The van der Waals surface area contributed by atoms with Crippen LogP contribution in [0, 0.1) is 22.7 Å². The Hall–Kier alpha value is -2.66. The van der Waals surface area contributed by atoms with Gasteiger partial charge in [-0.05, 0) is 49.4 Å². The lowest BCUT2D eigenvalue weighted by Gasteiger charge is -2.23. The highest BCUT2D eigenvalue weighted by Crippen LogP contribution is 2.30. The van der Waals surface area contributed by atoms with Gasteiger partial charge >= 0.3 is 6.33 Å². The van der Waals surface area contributed by atoms with Crippen molar-refractivity contribution in [3.63, 3.8) is 0 Å². The van der Waals surface area contributed by atoms with Crippen molar-refractivity contribution in [3.05, 3.63) is 47.5 Å². The lowest BCUT2D eigenvalue weighted by atomic mass is 9.79. The summed E-state index contributed by atoms with van der Waals surface area (Å²) in [6.45, 7) is 8.22. The Morgan fingerprint density at radius 3 is 1.96 bits per heavy atom. The Bertz CT molecular complexity index is 755. The highest BCUT2D eigenvalue weighted by molar-refractivity contribution is 5.42. The molecule has 1 aromatic carbocycles. The van der Waals surface area contributed by atoms with E-state index >= 15 is 0 Å². The molecule has 5 heteroatoms. The zero-order chi connectivity index (χ0) is 17.3. The van der Waals surface area contributed by atoms with Crippen LogP contribution in [-0.2, 0) is 24.4 Å². The first-order valence-electron chi connectivity index (χ1n) is 7.53. The molecule has 0 atom stereocenters. The normalized spacial score (nSPS) is 11.8. The van der Waals surface area contributed by atoms with E-state index in [0.29, 0.717) is 6.54 Å². The van der Waals surface area contributed by atoms with Crippen LogP contribution in [0.15, 0.2) is 30.9 Å². The maximum Gasteiger partial charge on any atom is 0.306 e. The number of benzene rings is 1. The molecule has 0 saturated carbocycles. The van der Waals surface area contributed by atoms with Crippen LogP contribution in [0.1, 0.15) is 44.4 Å². The van der Waals surface area contributed by atoms with Crippen molar-refractivity contribution in [2.75, 3.05) is 0 Å². The minimum Gasteiger partial charge on any atom is -0.197 e. The second-order valence-electron chi connectivity index (χ2n) is 6.94. The van der Waals surface area contributed by atoms with Crippen LogP contribution in [0.3, 0.4) is 0 Å². The molecule has 118 valence electrons. The van der Waals surface area contributed by atoms with Crippen molar-refractivity contribution in [2.45, 2.75) is 45.1 Å². The van der Waals surface area contributed by atoms with Crippen LogP contribution >= 0.6 is 0 Å². The van der Waals surface area contributed by atoms with Gasteiger partial charge in [-0.1, -0.05) is 18.2 Å². The summed E-state index contributed by atoms with van der Waals surface area (Å²) in [6, 6.07) is 10.7. The summed E-state index contributed by atoms with van der Waals surface area (Å²) in [5.41, 5.74) is 1.70. The second-order valence-corrected chi connectivity index (χ2v) is 6.94. The molecule has 23 heavy (non-hydrogen) atoms. The summed E-state index contributed by atoms with van der Waals surface area (Å²) < 4.78 is 3.87. The first-order valence-corrected chi connectivity index (χ1v) is 7.53. The van der Waals surface area contributed by atoms with Gasteiger partial charge in [-0.25, -0.2) is 0 Å². The number of nitriles is 2. The Morgan fingerprint density at radius 2 is 1.57 bits per heavy atom. The molecule has 2 aromatic rings. The van der Waals surface area contributed by atoms with E-state index < -0.39 is 10.8 Å². The molecule has 1 heterocycles. The highest BCUT2D eigenvalue weighted by Gasteiger charge is 2.26. The number of aryl methyl sites for hydroxylation is 1. The van der Waals surface area contributed by atoms with E-state index in [1.165, 1.54) is 0 Å². The predicted octanol–water partition coefficient (Wildman–Crippen LogP) is 2.36. The number of hydrogen-bond acceptors (Lipinski definition) is 3. The zero-order valence-electron chi connectivity index (χ0n) is 14.3. The first-order chi connectivity index (χ1) is 10.7. The summed E-state index contributed by atoms with van der Waals surface area (Å²) in [6.07, 6.45) is 3.50. The van der Waals surface area contributed by atoms with Gasteiger partial charge in [0.1, 0.15) is 7.05 Å². The van der Waals surface area contributed by atoms with Gasteiger partial charge in [-0.2, -0.15) is 19.9 Å². The molecule has 0 amide bonds. The summed E-state index contributed by atoms with van der Waals surface area (Å²) >= 11 is 0. The van der Waals surface area contributed by atoms with E-state index in [9.17, 15) is 10.5 Å². The largest absolute Gasteiger partial charge is 0.306 e. The van der Waals surface area contributed by atoms with Crippen LogP contribution in [0.25, 0.3) is 0 Å². The Morgan fingerprint density at radius 1 is 1.04 bits per heavy atom. The molecule has 0 spiro atoms. The van der Waals surface area contributed by atoms with Crippen molar-refractivity contribution in [1.82, 2.24) is 9.67 Å². The van der Waals surface area contributed by atoms with Gasteiger partial charge in [-0.15, -0.1) is 0 Å². The average molecular weight is 308 g/mol. The van der Waals surface area contributed by atoms with Gasteiger partial charge in [0.05, 0.1) is 29.5 Å². The van der Waals surface area contributed by atoms with Gasteiger partial charge in [0.15, 0.2) is 0 Å². The van der Waals surface area contributed by atoms with E-state index in [1.807, 2.05) is 62.3 Å². The van der Waals surface area contributed by atoms with Crippen LogP contribution < -0.4 is 4.68 Å². The lowest BCUT2D eigenvalue weighted by molar-refractivity contribution is -0.753. The summed E-state index contributed by atoms with van der Waals surface area (Å²) in [5, 5.41) is 18.9. The quantitative estimate of drug-likeness (QED) is 0.814. The molecule has 0 N–H and O–H groups in total. The summed E-state index contributed by atoms with van der Waals surface area (Å²) in [5.74, 6) is 0. The fraction of sp³-hybridized carbons (Fsp3) is 0.444. The highest BCUT2D eigenvalue weighted by atomic mass is 15.4. The fourth-order valence-corrected chi connectivity index (χ4v) is 2.32. The van der Waals surface area contributed by atoms with Gasteiger partial charge < -0.3 is 0 Å². The maximum absolute atomic E-state index is 9.46. The minimum absolute atomic E-state index is 0.604. The van der Waals surface area contributed by atoms with Crippen molar-refractivity contribution >= 4 is 0 Å². The molecule has 1 aromatic heterocycles. The van der Waals surface area contributed by atoms with Gasteiger partial charge in [-0.3, -0.25) is 0 Å². The molecule has 2 rings (SSSR count). The third-order valence-electron chi connectivity index (χ3n) is 4.18. The number of aromatic nitrogens is 3. The molecule has 0 aliphatic rings. The molecular weight excluding hydrogens is 286 g/mol. The molecule has 5 nitrogen and oxygen atoms in total. The number of hydrogen-bond donors (Lipinski definition) is 0. The maximum atomic E-state index is 9.46. The van der Waals surface area contributed by atoms with Crippen molar-refractivity contribution < 1.29 is 4.68 Å². The topological polar surface area (TPSA) is 69.3 Å². The van der Waals surface area contributed by atoms with Crippen LogP contribution in [0.4, 0.5) is 0 Å². The SMILES string of the molecule is C[n+]1cncn1Cc1cc(C(C)(C)C#N)cc(C(C)(C)C#N)c1. The van der Waals surface area contributed by atoms with E-state index in [4.69, 9.17) is 0 Å². The smallest absolute Gasteiger partial charge is 0.197 e. The van der Waals surface area contributed by atoms with Gasteiger partial charge in [0.25, 0.3) is 0 Å². The third-order valence-corrected chi connectivity index (χ3v) is 4.18. The molecular formula is C18H22N5+. The van der Waals surface area contributed by atoms with E-state index in [-0.39, 0.29) is 0 Å². The molecule has 0 unspecified atom stereocenters. The van der Waals surface area contributed by atoms with E-state index in [2.05, 4.69) is 17.1 Å². The van der Waals surface area contributed by atoms with Crippen molar-refractivity contribution in [1.29, 1.82) is 10.5 Å². The summed E-state index contributed by atoms with van der Waals surface area (Å²) in [7, 11) is 1.93. The first kappa shape index (κ1) is 16.7. The van der Waals surface area contributed by atoms with E-state index in [0.717, 1.165) is 16.7 Å². The Balaban J connectivity index is 2.57. The van der Waals surface area contributed by atoms with E-state index in [1.54, 1.807) is 12.7 Å².